The van der Waals surface area contributed by atoms with E-state index in [4.69, 9.17) is 0 Å². The van der Waals surface area contributed by atoms with E-state index in [0.29, 0.717) is 11.2 Å². The molecular weight excluding hydrogens is 160 g/mol. The molecule has 13 heavy (non-hydrogen) atoms. The van der Waals surface area contributed by atoms with E-state index in [9.17, 15) is 4.79 Å². The monoisotopic (exact) mass is 178 g/mol. The summed E-state index contributed by atoms with van der Waals surface area (Å²) in [4.78, 5) is 11.8. The zero-order chi connectivity index (χ0) is 9.47. The number of Topliss-reactive ketones (excluding diaryl/α,β-unsaturated/α-hetero) is 1. The maximum Gasteiger partial charge on any atom is 0.140 e. The zero-order valence-electron chi connectivity index (χ0n) is 8.60. The Bertz CT molecular complexity index is 264. The van der Waals surface area contributed by atoms with Crippen LogP contribution in [0, 0.1) is 11.3 Å². The number of carbonyl (C=O) groups excluding carboxylic acids is 1. The van der Waals surface area contributed by atoms with Gasteiger partial charge in [0, 0.05) is 12.3 Å². The van der Waals surface area contributed by atoms with Gasteiger partial charge in [-0.25, -0.2) is 0 Å². The molecule has 2 aliphatic rings. The summed E-state index contributed by atoms with van der Waals surface area (Å²) >= 11 is 0. The molecule has 0 aromatic carbocycles. The van der Waals surface area contributed by atoms with Gasteiger partial charge in [-0.3, -0.25) is 4.79 Å². The second kappa shape index (κ2) is 2.97. The van der Waals surface area contributed by atoms with Gasteiger partial charge in [-0.05, 0) is 38.0 Å². The molecule has 0 saturated heterocycles. The number of hydrogen-bond donors (Lipinski definition) is 0. The third-order valence-electron chi connectivity index (χ3n) is 3.83. The Balaban J connectivity index is 2.34. The summed E-state index contributed by atoms with van der Waals surface area (Å²) in [5, 5.41) is 0. The Hall–Kier alpha value is -0.590. The second-order valence-electron chi connectivity index (χ2n) is 4.89. The van der Waals surface area contributed by atoms with Crippen molar-refractivity contribution in [3.05, 3.63) is 11.6 Å². The van der Waals surface area contributed by atoms with Gasteiger partial charge in [0.2, 0.25) is 0 Å². The Morgan fingerprint density at radius 1 is 1.46 bits per heavy atom. The number of fused-ring (bicyclic) bond motifs is 1. The molecule has 0 unspecified atom stereocenters. The van der Waals surface area contributed by atoms with E-state index in [1.807, 2.05) is 0 Å². The highest BCUT2D eigenvalue weighted by Crippen LogP contribution is 2.48. The van der Waals surface area contributed by atoms with Gasteiger partial charge >= 0.3 is 0 Å². The highest BCUT2D eigenvalue weighted by molar-refractivity contribution is 5.85. The van der Waals surface area contributed by atoms with E-state index in [2.05, 4.69) is 19.9 Å². The Kier molecular flexibility index (Phi) is 2.05. The molecule has 1 heteroatoms. The summed E-state index contributed by atoms with van der Waals surface area (Å²) in [6.45, 7) is 4.43. The lowest BCUT2D eigenvalue weighted by Crippen LogP contribution is -2.39. The van der Waals surface area contributed by atoms with Crippen molar-refractivity contribution in [1.29, 1.82) is 0 Å². The normalized spacial score (nSPS) is 39.7. The van der Waals surface area contributed by atoms with Crippen molar-refractivity contribution in [2.24, 2.45) is 11.3 Å². The predicted octanol–water partition coefficient (Wildman–Crippen LogP) is 3.10. The number of hydrogen-bond acceptors (Lipinski definition) is 1. The molecule has 1 saturated carbocycles. The second-order valence-corrected chi connectivity index (χ2v) is 4.89. The summed E-state index contributed by atoms with van der Waals surface area (Å²) in [6.07, 6.45) is 7.81. The fourth-order valence-corrected chi connectivity index (χ4v) is 3.16. The maximum atomic E-state index is 11.8. The van der Waals surface area contributed by atoms with Gasteiger partial charge in [0.05, 0.1) is 0 Å². The largest absolute Gasteiger partial charge is 0.299 e. The van der Waals surface area contributed by atoms with Crippen LogP contribution in [0.1, 0.15) is 46.0 Å². The van der Waals surface area contributed by atoms with Gasteiger partial charge in [0.25, 0.3) is 0 Å². The molecule has 1 fully saturated rings. The number of allylic oxidation sites excluding steroid dienone is 2. The molecule has 0 aliphatic heterocycles. The molecule has 0 aromatic rings. The molecule has 0 radical (unpaired) electrons. The van der Waals surface area contributed by atoms with E-state index < -0.39 is 0 Å². The van der Waals surface area contributed by atoms with Crippen LogP contribution in [-0.4, -0.2) is 5.78 Å². The summed E-state index contributed by atoms with van der Waals surface area (Å²) < 4.78 is 0. The number of ketones is 1. The summed E-state index contributed by atoms with van der Waals surface area (Å²) in [5.74, 6) is 0.747. The third-order valence-corrected chi connectivity index (χ3v) is 3.83. The van der Waals surface area contributed by atoms with E-state index in [-0.39, 0.29) is 5.92 Å². The summed E-state index contributed by atoms with van der Waals surface area (Å²) in [7, 11) is 0. The molecule has 0 amide bonds. The highest BCUT2D eigenvalue weighted by Gasteiger charge is 2.43. The minimum atomic E-state index is 0.259. The molecule has 0 heterocycles. The molecular formula is C12H18O. The lowest BCUT2D eigenvalue weighted by molar-refractivity contribution is -0.128. The first-order chi connectivity index (χ1) is 6.13. The fraction of sp³-hybridized carbons (Fsp3) is 0.750. The van der Waals surface area contributed by atoms with Gasteiger partial charge in [-0.1, -0.05) is 18.6 Å². The van der Waals surface area contributed by atoms with Crippen LogP contribution in [0.25, 0.3) is 0 Å². The maximum absolute atomic E-state index is 11.8. The van der Waals surface area contributed by atoms with E-state index in [1.165, 1.54) is 24.8 Å². The molecule has 0 bridgehead atoms. The minimum absolute atomic E-state index is 0.259. The van der Waals surface area contributed by atoms with Crippen molar-refractivity contribution < 1.29 is 4.79 Å². The van der Waals surface area contributed by atoms with Crippen LogP contribution in [0.3, 0.4) is 0 Å². The van der Waals surface area contributed by atoms with Crippen LogP contribution in [0.4, 0.5) is 0 Å². The van der Waals surface area contributed by atoms with Gasteiger partial charge in [-0.15, -0.1) is 0 Å². The smallest absolute Gasteiger partial charge is 0.140 e. The highest BCUT2D eigenvalue weighted by atomic mass is 16.1. The van der Waals surface area contributed by atoms with E-state index >= 15 is 0 Å². The van der Waals surface area contributed by atoms with Crippen LogP contribution >= 0.6 is 0 Å². The van der Waals surface area contributed by atoms with Gasteiger partial charge in [0.1, 0.15) is 5.78 Å². The van der Waals surface area contributed by atoms with Crippen LogP contribution in [-0.2, 0) is 4.79 Å². The first-order valence-electron chi connectivity index (χ1n) is 5.33. The number of rotatable bonds is 0. The third kappa shape index (κ3) is 1.34. The Morgan fingerprint density at radius 3 is 2.92 bits per heavy atom. The van der Waals surface area contributed by atoms with Crippen molar-refractivity contribution in [2.75, 3.05) is 0 Å². The van der Waals surface area contributed by atoms with Gasteiger partial charge < -0.3 is 0 Å². The molecule has 2 aliphatic carbocycles. The fourth-order valence-electron chi connectivity index (χ4n) is 3.16. The molecule has 2 atom stereocenters. The molecule has 2 rings (SSSR count). The molecule has 0 aromatic heterocycles. The SMILES string of the molecule is CC1=CCC[C@@]2(C)CCCC(=O)[C@@H]12. The molecule has 0 N–H and O–H groups in total. The van der Waals surface area contributed by atoms with Crippen molar-refractivity contribution >= 4 is 5.78 Å². The molecule has 1 nitrogen and oxygen atoms in total. The average Bonchev–Trinajstić information content (AvgIpc) is 2.02. The van der Waals surface area contributed by atoms with Gasteiger partial charge in [0.15, 0.2) is 0 Å². The molecule has 72 valence electrons. The van der Waals surface area contributed by atoms with Crippen LogP contribution in [0.15, 0.2) is 11.6 Å². The Labute approximate surface area is 80.2 Å². The van der Waals surface area contributed by atoms with Crippen LogP contribution in [0.5, 0.6) is 0 Å². The van der Waals surface area contributed by atoms with Crippen molar-refractivity contribution in [3.63, 3.8) is 0 Å². The van der Waals surface area contributed by atoms with Gasteiger partial charge in [-0.2, -0.15) is 0 Å². The lowest BCUT2D eigenvalue weighted by Gasteiger charge is -2.43. The topological polar surface area (TPSA) is 17.1 Å². The number of carbonyl (C=O) groups is 1. The first kappa shape index (κ1) is 8.98. The van der Waals surface area contributed by atoms with Crippen LogP contribution < -0.4 is 0 Å². The van der Waals surface area contributed by atoms with E-state index in [0.717, 1.165) is 12.8 Å². The standard InChI is InChI=1S/C12H18O/c1-9-5-3-7-12(2)8-4-6-10(13)11(9)12/h5,11H,3-4,6-8H2,1-2H3/t11-,12+/m1/s1. The van der Waals surface area contributed by atoms with E-state index in [1.54, 1.807) is 0 Å². The van der Waals surface area contributed by atoms with Crippen molar-refractivity contribution in [3.8, 4) is 0 Å². The summed E-state index contributed by atoms with van der Waals surface area (Å²) in [5.41, 5.74) is 1.63. The lowest BCUT2D eigenvalue weighted by atomic mass is 9.60. The predicted molar refractivity (Wildman–Crippen MR) is 53.4 cm³/mol. The Morgan fingerprint density at radius 2 is 2.23 bits per heavy atom. The van der Waals surface area contributed by atoms with Crippen LogP contribution in [0.2, 0.25) is 0 Å². The van der Waals surface area contributed by atoms with Crippen molar-refractivity contribution in [1.82, 2.24) is 0 Å². The first-order valence-corrected chi connectivity index (χ1v) is 5.33. The average molecular weight is 178 g/mol. The zero-order valence-corrected chi connectivity index (χ0v) is 8.60. The quantitative estimate of drug-likeness (QED) is 0.521. The van der Waals surface area contributed by atoms with Crippen molar-refractivity contribution in [2.45, 2.75) is 46.0 Å². The minimum Gasteiger partial charge on any atom is -0.299 e. The molecule has 0 spiro atoms. The summed E-state index contributed by atoms with van der Waals surface area (Å²) in [6, 6.07) is 0.